The van der Waals surface area contributed by atoms with E-state index in [9.17, 15) is 13.2 Å². The molecule has 0 unspecified atom stereocenters. The molecule has 0 spiro atoms. The van der Waals surface area contributed by atoms with E-state index in [-0.39, 0.29) is 19.2 Å². The second-order valence-corrected chi connectivity index (χ2v) is 7.81. The number of para-hydroxylation sites is 3. The van der Waals surface area contributed by atoms with Gasteiger partial charge in [0.15, 0.2) is 11.5 Å². The van der Waals surface area contributed by atoms with Crippen molar-refractivity contribution in [3.8, 4) is 11.5 Å². The van der Waals surface area contributed by atoms with Crippen LogP contribution in [0, 0.1) is 0 Å². The quantitative estimate of drug-likeness (QED) is 0.824. The van der Waals surface area contributed by atoms with Gasteiger partial charge in [0.2, 0.25) is 15.9 Å². The van der Waals surface area contributed by atoms with Crippen molar-refractivity contribution in [1.29, 1.82) is 0 Å². The molecule has 138 valence electrons. The van der Waals surface area contributed by atoms with Crippen LogP contribution in [0.25, 0.3) is 0 Å². The lowest BCUT2D eigenvalue weighted by atomic mass is 10.2. The van der Waals surface area contributed by atoms with Gasteiger partial charge < -0.3 is 14.8 Å². The molecule has 1 heterocycles. The van der Waals surface area contributed by atoms with Crippen molar-refractivity contribution < 1.29 is 22.7 Å². The normalized spacial score (nSPS) is 16.0. The molecular weight excluding hydrogens is 356 g/mol. The third-order valence-corrected chi connectivity index (χ3v) is 4.97. The first-order valence-corrected chi connectivity index (χ1v) is 9.96. The maximum atomic E-state index is 12.2. The Morgan fingerprint density at radius 1 is 1.12 bits per heavy atom. The molecule has 0 bridgehead atoms. The molecule has 1 amide bonds. The molecule has 0 radical (unpaired) electrons. The highest BCUT2D eigenvalue weighted by Crippen LogP contribution is 2.30. The van der Waals surface area contributed by atoms with Crippen LogP contribution in [0.5, 0.6) is 11.5 Å². The van der Waals surface area contributed by atoms with E-state index in [1.165, 1.54) is 0 Å². The Hall–Kier alpha value is -2.74. The fourth-order valence-corrected chi connectivity index (χ4v) is 3.43. The Balaban J connectivity index is 1.58. The van der Waals surface area contributed by atoms with E-state index in [0.717, 1.165) is 10.6 Å². The number of carbonyl (C=O) groups is 1. The minimum absolute atomic E-state index is 0.222. The minimum atomic E-state index is -3.58. The zero-order valence-corrected chi connectivity index (χ0v) is 15.1. The number of fused-ring (bicyclic) bond motifs is 1. The Kier molecular flexibility index (Phi) is 5.32. The van der Waals surface area contributed by atoms with Crippen LogP contribution in [-0.4, -0.2) is 46.4 Å². The number of carbonyl (C=O) groups excluding carboxylic acids is 1. The lowest BCUT2D eigenvalue weighted by Gasteiger charge is -2.27. The van der Waals surface area contributed by atoms with Gasteiger partial charge in [-0.2, -0.15) is 0 Å². The Bertz CT molecular complexity index is 870. The van der Waals surface area contributed by atoms with Crippen molar-refractivity contribution in [3.05, 3.63) is 54.6 Å². The summed E-state index contributed by atoms with van der Waals surface area (Å²) >= 11 is 0. The maximum Gasteiger partial charge on any atom is 0.240 e. The lowest BCUT2D eigenvalue weighted by molar-refractivity contribution is -0.120. The van der Waals surface area contributed by atoms with E-state index < -0.39 is 15.9 Å². The average molecular weight is 376 g/mol. The van der Waals surface area contributed by atoms with Gasteiger partial charge in [-0.15, -0.1) is 0 Å². The molecule has 0 saturated heterocycles. The molecule has 2 aromatic rings. The molecule has 0 saturated carbocycles. The number of nitrogens with one attached hydrogen (secondary N) is 1. The van der Waals surface area contributed by atoms with E-state index in [2.05, 4.69) is 5.32 Å². The highest BCUT2D eigenvalue weighted by atomic mass is 32.2. The molecule has 7 nitrogen and oxygen atoms in total. The van der Waals surface area contributed by atoms with Crippen LogP contribution in [0.15, 0.2) is 54.6 Å². The van der Waals surface area contributed by atoms with Crippen molar-refractivity contribution in [2.24, 2.45) is 0 Å². The summed E-state index contributed by atoms with van der Waals surface area (Å²) in [4.78, 5) is 12.2. The standard InChI is InChI=1S/C18H20N2O5S/c1-26(22,23)20(14-7-3-2-4-8-14)12-18(21)19-11-15-13-24-16-9-5-6-10-17(16)25-15/h2-10,15H,11-13H2,1H3,(H,19,21)/t15-/m1/s1. The van der Waals surface area contributed by atoms with Crippen molar-refractivity contribution in [2.45, 2.75) is 6.10 Å². The molecule has 0 fully saturated rings. The number of hydrogen-bond acceptors (Lipinski definition) is 5. The summed E-state index contributed by atoms with van der Waals surface area (Å²) < 4.78 is 36.4. The Labute approximate surface area is 152 Å². The highest BCUT2D eigenvalue weighted by Gasteiger charge is 2.23. The second-order valence-electron chi connectivity index (χ2n) is 5.91. The summed E-state index contributed by atoms with van der Waals surface area (Å²) in [5.74, 6) is 0.879. The van der Waals surface area contributed by atoms with Crippen LogP contribution in [0.4, 0.5) is 5.69 Å². The zero-order chi connectivity index (χ0) is 18.6. The number of hydrogen-bond donors (Lipinski definition) is 1. The number of anilines is 1. The number of amides is 1. The van der Waals surface area contributed by atoms with E-state index in [1.807, 2.05) is 18.2 Å². The lowest BCUT2D eigenvalue weighted by Crippen LogP contribution is -2.45. The third-order valence-electron chi connectivity index (χ3n) is 3.83. The predicted octanol–water partition coefficient (Wildman–Crippen LogP) is 1.41. The molecule has 0 aromatic heterocycles. The van der Waals surface area contributed by atoms with Gasteiger partial charge in [-0.1, -0.05) is 30.3 Å². The van der Waals surface area contributed by atoms with Gasteiger partial charge in [-0.05, 0) is 24.3 Å². The van der Waals surface area contributed by atoms with Crippen molar-refractivity contribution in [3.63, 3.8) is 0 Å². The number of benzene rings is 2. The fourth-order valence-electron chi connectivity index (χ4n) is 2.57. The first-order valence-electron chi connectivity index (χ1n) is 8.11. The average Bonchev–Trinajstić information content (AvgIpc) is 2.64. The first-order chi connectivity index (χ1) is 12.4. The summed E-state index contributed by atoms with van der Waals surface area (Å²) in [6, 6.07) is 15.8. The summed E-state index contributed by atoms with van der Waals surface area (Å²) in [5, 5.41) is 2.71. The van der Waals surface area contributed by atoms with Crippen molar-refractivity contribution >= 4 is 21.6 Å². The topological polar surface area (TPSA) is 84.9 Å². The fraction of sp³-hybridized carbons (Fsp3) is 0.278. The molecule has 1 N–H and O–H groups in total. The number of nitrogens with zero attached hydrogens (tertiary/aromatic N) is 1. The van der Waals surface area contributed by atoms with Crippen molar-refractivity contribution in [2.75, 3.05) is 30.3 Å². The van der Waals surface area contributed by atoms with Crippen LogP contribution < -0.4 is 19.1 Å². The van der Waals surface area contributed by atoms with Crippen LogP contribution in [0.1, 0.15) is 0 Å². The molecule has 1 aliphatic rings. The zero-order valence-electron chi connectivity index (χ0n) is 14.3. The molecule has 0 aliphatic carbocycles. The number of ether oxygens (including phenoxy) is 2. The molecule has 3 rings (SSSR count). The first kappa shape index (κ1) is 18.1. The predicted molar refractivity (Wildman–Crippen MR) is 98.0 cm³/mol. The van der Waals surface area contributed by atoms with E-state index in [0.29, 0.717) is 23.8 Å². The second kappa shape index (κ2) is 7.65. The Morgan fingerprint density at radius 3 is 2.46 bits per heavy atom. The van der Waals surface area contributed by atoms with Crippen LogP contribution in [0.3, 0.4) is 0 Å². The minimum Gasteiger partial charge on any atom is -0.486 e. The van der Waals surface area contributed by atoms with Gasteiger partial charge in [0, 0.05) is 0 Å². The molecule has 8 heteroatoms. The largest absolute Gasteiger partial charge is 0.486 e. The van der Waals surface area contributed by atoms with Crippen LogP contribution >= 0.6 is 0 Å². The van der Waals surface area contributed by atoms with E-state index >= 15 is 0 Å². The Morgan fingerprint density at radius 2 is 1.77 bits per heavy atom. The summed E-state index contributed by atoms with van der Waals surface area (Å²) in [7, 11) is -3.58. The van der Waals surface area contributed by atoms with Gasteiger partial charge in [0.25, 0.3) is 0 Å². The third kappa shape index (κ3) is 4.45. The van der Waals surface area contributed by atoms with Crippen molar-refractivity contribution in [1.82, 2.24) is 5.32 Å². The smallest absolute Gasteiger partial charge is 0.240 e. The number of sulfonamides is 1. The summed E-state index contributed by atoms with van der Waals surface area (Å²) in [5.41, 5.74) is 0.441. The molecule has 1 aliphatic heterocycles. The molecule has 26 heavy (non-hydrogen) atoms. The van der Waals surface area contributed by atoms with Gasteiger partial charge >= 0.3 is 0 Å². The van der Waals surface area contributed by atoms with Crippen LogP contribution in [-0.2, 0) is 14.8 Å². The van der Waals surface area contributed by atoms with Crippen LogP contribution in [0.2, 0.25) is 0 Å². The monoisotopic (exact) mass is 376 g/mol. The van der Waals surface area contributed by atoms with E-state index in [4.69, 9.17) is 9.47 Å². The summed E-state index contributed by atoms with van der Waals surface area (Å²) in [6.45, 7) is 0.234. The maximum absolute atomic E-state index is 12.2. The SMILES string of the molecule is CS(=O)(=O)N(CC(=O)NC[C@@H]1COc2ccccc2O1)c1ccccc1. The van der Waals surface area contributed by atoms with Gasteiger partial charge in [-0.3, -0.25) is 9.10 Å². The molecular formula is C18H20N2O5S. The number of rotatable bonds is 6. The molecule has 1 atom stereocenters. The van der Waals surface area contributed by atoms with Gasteiger partial charge in [0.1, 0.15) is 19.3 Å². The van der Waals surface area contributed by atoms with Gasteiger partial charge in [-0.25, -0.2) is 8.42 Å². The highest BCUT2D eigenvalue weighted by molar-refractivity contribution is 7.92. The van der Waals surface area contributed by atoms with Gasteiger partial charge in [0.05, 0.1) is 18.5 Å². The summed E-state index contributed by atoms with van der Waals surface area (Å²) in [6.07, 6.45) is 0.736. The van der Waals surface area contributed by atoms with E-state index in [1.54, 1.807) is 36.4 Å². The molecule has 2 aromatic carbocycles.